The van der Waals surface area contributed by atoms with Gasteiger partial charge in [0, 0.05) is 22.8 Å². The van der Waals surface area contributed by atoms with Crippen molar-refractivity contribution >= 4 is 27.7 Å². The van der Waals surface area contributed by atoms with E-state index in [2.05, 4.69) is 43.6 Å². The summed E-state index contributed by atoms with van der Waals surface area (Å²) in [5.74, 6) is 0.581. The lowest BCUT2D eigenvalue weighted by Gasteiger charge is -2.07. The van der Waals surface area contributed by atoms with Crippen LogP contribution >= 0.6 is 27.7 Å². The van der Waals surface area contributed by atoms with Gasteiger partial charge in [-0.05, 0) is 36.5 Å². The third-order valence-electron chi connectivity index (χ3n) is 2.10. The van der Waals surface area contributed by atoms with Crippen LogP contribution in [0.25, 0.3) is 0 Å². The van der Waals surface area contributed by atoms with Gasteiger partial charge < -0.3 is 9.73 Å². The second-order valence-electron chi connectivity index (χ2n) is 3.47. The predicted octanol–water partition coefficient (Wildman–Crippen LogP) is 3.01. The molecule has 6 heteroatoms. The van der Waals surface area contributed by atoms with Crippen molar-refractivity contribution in [1.29, 1.82) is 0 Å². The first-order valence-electron chi connectivity index (χ1n) is 5.10. The third-order valence-corrected chi connectivity index (χ3v) is 3.53. The zero-order valence-electron chi connectivity index (χ0n) is 9.53. The third kappa shape index (κ3) is 3.31. The van der Waals surface area contributed by atoms with Crippen LogP contribution in [-0.4, -0.2) is 17.2 Å². The second kappa shape index (κ2) is 5.66. The normalized spacial score (nSPS) is 10.8. The van der Waals surface area contributed by atoms with E-state index in [1.54, 1.807) is 6.92 Å². The number of aryl methyl sites for hydroxylation is 1. The largest absolute Gasteiger partial charge is 0.416 e. The molecular formula is C11H12BrN3OS. The Labute approximate surface area is 112 Å². The van der Waals surface area contributed by atoms with Crippen LogP contribution in [0.4, 0.5) is 0 Å². The molecule has 0 unspecified atom stereocenters. The average Bonchev–Trinajstić information content (AvgIpc) is 2.68. The van der Waals surface area contributed by atoms with Gasteiger partial charge in [-0.2, -0.15) is 0 Å². The van der Waals surface area contributed by atoms with Crippen molar-refractivity contribution in [3.05, 3.63) is 34.1 Å². The summed E-state index contributed by atoms with van der Waals surface area (Å²) in [6, 6.07) is 6.15. The van der Waals surface area contributed by atoms with E-state index >= 15 is 0 Å². The van der Waals surface area contributed by atoms with Crippen molar-refractivity contribution in [2.75, 3.05) is 7.05 Å². The van der Waals surface area contributed by atoms with E-state index in [1.165, 1.54) is 17.3 Å². The molecule has 2 rings (SSSR count). The van der Waals surface area contributed by atoms with Gasteiger partial charge in [-0.15, -0.1) is 10.2 Å². The molecule has 0 aliphatic heterocycles. The van der Waals surface area contributed by atoms with E-state index in [9.17, 15) is 0 Å². The quantitative estimate of drug-likeness (QED) is 0.940. The van der Waals surface area contributed by atoms with Crippen molar-refractivity contribution in [2.45, 2.75) is 23.6 Å². The maximum absolute atomic E-state index is 5.37. The van der Waals surface area contributed by atoms with Crippen molar-refractivity contribution in [3.8, 4) is 0 Å². The number of rotatable bonds is 4. The fraction of sp³-hybridized carbons (Fsp3) is 0.273. The molecule has 0 atom stereocenters. The van der Waals surface area contributed by atoms with E-state index in [1.807, 2.05) is 13.1 Å². The smallest absolute Gasteiger partial charge is 0.281 e. The fourth-order valence-electron chi connectivity index (χ4n) is 1.37. The van der Waals surface area contributed by atoms with Crippen LogP contribution in [0.2, 0.25) is 0 Å². The summed E-state index contributed by atoms with van der Waals surface area (Å²) in [7, 11) is 1.92. The lowest BCUT2D eigenvalue weighted by Crippen LogP contribution is -2.06. The molecule has 0 saturated carbocycles. The minimum atomic E-state index is 0.568. The highest BCUT2D eigenvalue weighted by atomic mass is 79.9. The Bertz CT molecular complexity index is 515. The van der Waals surface area contributed by atoms with Gasteiger partial charge in [-0.3, -0.25) is 0 Å². The maximum atomic E-state index is 5.37. The molecule has 2 aromatic rings. The molecule has 0 aliphatic carbocycles. The number of hydrogen-bond donors (Lipinski definition) is 1. The number of hydrogen-bond acceptors (Lipinski definition) is 5. The maximum Gasteiger partial charge on any atom is 0.281 e. The Kier molecular flexibility index (Phi) is 4.20. The first-order valence-corrected chi connectivity index (χ1v) is 6.71. The van der Waals surface area contributed by atoms with Crippen molar-refractivity contribution in [2.24, 2.45) is 0 Å². The topological polar surface area (TPSA) is 51.0 Å². The van der Waals surface area contributed by atoms with Crippen LogP contribution in [0.15, 0.2) is 37.2 Å². The molecule has 0 saturated heterocycles. The van der Waals surface area contributed by atoms with Crippen LogP contribution in [-0.2, 0) is 6.54 Å². The minimum Gasteiger partial charge on any atom is -0.416 e. The SMILES string of the molecule is CNCc1ccc(Br)cc1Sc1nnc(C)o1. The molecular weight excluding hydrogens is 302 g/mol. The monoisotopic (exact) mass is 313 g/mol. The van der Waals surface area contributed by atoms with Gasteiger partial charge in [0.05, 0.1) is 0 Å². The molecule has 0 fully saturated rings. The standard InChI is InChI=1S/C11H12BrN3OS/c1-7-14-15-11(16-7)17-10-5-9(12)4-3-8(10)6-13-2/h3-5,13H,6H2,1-2H3. The highest BCUT2D eigenvalue weighted by Crippen LogP contribution is 2.31. The van der Waals surface area contributed by atoms with Gasteiger partial charge >= 0.3 is 0 Å². The lowest BCUT2D eigenvalue weighted by atomic mass is 10.2. The lowest BCUT2D eigenvalue weighted by molar-refractivity contribution is 0.429. The summed E-state index contributed by atoms with van der Waals surface area (Å²) in [6.45, 7) is 2.59. The van der Waals surface area contributed by atoms with Gasteiger partial charge in [0.15, 0.2) is 0 Å². The Morgan fingerprint density at radius 1 is 1.41 bits per heavy atom. The number of nitrogens with zero attached hydrogens (tertiary/aromatic N) is 2. The summed E-state index contributed by atoms with van der Waals surface area (Å²) in [6.07, 6.45) is 0. The van der Waals surface area contributed by atoms with Crippen LogP contribution in [0.1, 0.15) is 11.5 Å². The van der Waals surface area contributed by atoms with E-state index < -0.39 is 0 Å². The minimum absolute atomic E-state index is 0.568. The first-order chi connectivity index (χ1) is 8.19. The molecule has 0 aliphatic rings. The number of benzene rings is 1. The summed E-state index contributed by atoms with van der Waals surface area (Å²) in [4.78, 5) is 1.11. The van der Waals surface area contributed by atoms with Gasteiger partial charge in [0.25, 0.3) is 5.22 Å². The van der Waals surface area contributed by atoms with Crippen molar-refractivity contribution < 1.29 is 4.42 Å². The number of aromatic nitrogens is 2. The molecule has 4 nitrogen and oxygen atoms in total. The van der Waals surface area contributed by atoms with E-state index in [0.717, 1.165) is 15.9 Å². The summed E-state index contributed by atoms with van der Waals surface area (Å²) < 4.78 is 6.40. The first kappa shape index (κ1) is 12.6. The molecule has 1 heterocycles. The van der Waals surface area contributed by atoms with E-state index in [4.69, 9.17) is 4.42 Å². The van der Waals surface area contributed by atoms with Crippen LogP contribution in [0.5, 0.6) is 0 Å². The Morgan fingerprint density at radius 3 is 2.88 bits per heavy atom. The number of nitrogens with one attached hydrogen (secondary N) is 1. The molecule has 90 valence electrons. The zero-order valence-corrected chi connectivity index (χ0v) is 11.9. The molecule has 1 N–H and O–H groups in total. The molecule has 1 aromatic heterocycles. The second-order valence-corrected chi connectivity index (χ2v) is 5.38. The van der Waals surface area contributed by atoms with Crippen LogP contribution in [0, 0.1) is 6.92 Å². The zero-order chi connectivity index (χ0) is 12.3. The molecule has 0 bridgehead atoms. The molecule has 0 spiro atoms. The van der Waals surface area contributed by atoms with E-state index in [-0.39, 0.29) is 0 Å². The van der Waals surface area contributed by atoms with E-state index in [0.29, 0.717) is 11.1 Å². The summed E-state index contributed by atoms with van der Waals surface area (Å²) in [5.41, 5.74) is 1.21. The molecule has 0 amide bonds. The number of halogens is 1. The average molecular weight is 314 g/mol. The molecule has 0 radical (unpaired) electrons. The fourth-order valence-corrected chi connectivity index (χ4v) is 2.78. The van der Waals surface area contributed by atoms with Gasteiger partial charge in [0.2, 0.25) is 5.89 Å². The van der Waals surface area contributed by atoms with Crippen molar-refractivity contribution in [1.82, 2.24) is 15.5 Å². The highest BCUT2D eigenvalue weighted by molar-refractivity contribution is 9.10. The van der Waals surface area contributed by atoms with Gasteiger partial charge in [-0.25, -0.2) is 0 Å². The summed E-state index contributed by atoms with van der Waals surface area (Å²) >= 11 is 4.94. The Hall–Kier alpha value is -0.850. The van der Waals surface area contributed by atoms with Crippen LogP contribution in [0.3, 0.4) is 0 Å². The molecule has 1 aromatic carbocycles. The Morgan fingerprint density at radius 2 is 2.24 bits per heavy atom. The van der Waals surface area contributed by atoms with Crippen LogP contribution < -0.4 is 5.32 Å². The van der Waals surface area contributed by atoms with Gasteiger partial charge in [-0.1, -0.05) is 22.0 Å². The molecule has 17 heavy (non-hydrogen) atoms. The predicted molar refractivity (Wildman–Crippen MR) is 70.1 cm³/mol. The Balaban J connectivity index is 2.26. The highest BCUT2D eigenvalue weighted by Gasteiger charge is 2.09. The van der Waals surface area contributed by atoms with Gasteiger partial charge in [0.1, 0.15) is 0 Å². The van der Waals surface area contributed by atoms with Crippen molar-refractivity contribution in [3.63, 3.8) is 0 Å². The summed E-state index contributed by atoms with van der Waals surface area (Å²) in [5, 5.41) is 11.5.